The number of carboxylic acids is 1. The van der Waals surface area contributed by atoms with Crippen molar-refractivity contribution in [1.29, 1.82) is 5.26 Å². The zero-order chi connectivity index (χ0) is 31.3. The van der Waals surface area contributed by atoms with Crippen molar-refractivity contribution in [3.63, 3.8) is 0 Å². The molecule has 1 aliphatic heterocycles. The number of para-hydroxylation sites is 1. The molecule has 0 saturated carbocycles. The normalized spacial score (nSPS) is 15.5. The highest BCUT2D eigenvalue weighted by Gasteiger charge is 2.29. The summed E-state index contributed by atoms with van der Waals surface area (Å²) in [5.41, 5.74) is 5.93. The van der Waals surface area contributed by atoms with Gasteiger partial charge < -0.3 is 29.2 Å². The first-order valence-corrected chi connectivity index (χ1v) is 14.9. The van der Waals surface area contributed by atoms with Crippen LogP contribution in [-0.4, -0.2) is 47.0 Å². The Morgan fingerprint density at radius 2 is 1.93 bits per heavy atom. The molecular weight excluding hydrogens is 598 g/mol. The Morgan fingerprint density at radius 3 is 2.76 bits per heavy atom. The van der Waals surface area contributed by atoms with E-state index in [1.807, 2.05) is 24.3 Å². The van der Waals surface area contributed by atoms with Gasteiger partial charge in [0.15, 0.2) is 11.5 Å². The van der Waals surface area contributed by atoms with Crippen LogP contribution in [0.4, 0.5) is 0 Å². The van der Waals surface area contributed by atoms with Gasteiger partial charge in [-0.25, -0.2) is 0 Å². The van der Waals surface area contributed by atoms with Gasteiger partial charge in [0.1, 0.15) is 49.5 Å². The minimum Gasteiger partial charge on any atom is -0.488 e. The van der Waals surface area contributed by atoms with Gasteiger partial charge in [0.2, 0.25) is 0 Å². The molecule has 0 radical (unpaired) electrons. The summed E-state index contributed by atoms with van der Waals surface area (Å²) in [5, 5.41) is 31.2. The number of pyridine rings is 1. The lowest BCUT2D eigenvalue weighted by Crippen LogP contribution is -2.39. The predicted molar refractivity (Wildman–Crippen MR) is 165 cm³/mol. The predicted octanol–water partition coefficient (Wildman–Crippen LogP) is 5.23. The SMILES string of the molecule is N#Cc1cncc(COc2cc(O[C@H]3CCc4c(-c5cccc6c5OCCO6)cccc43)c(Cl)cc2CN[C@@H](CO)C(=O)O)c1. The Kier molecular flexibility index (Phi) is 9.03. The number of aliphatic carboxylic acids is 1. The fraction of sp³-hybridized carbons (Fsp3) is 0.265. The number of carbonyl (C=O) groups is 1. The molecule has 4 aromatic rings. The molecule has 0 bridgehead atoms. The molecule has 45 heavy (non-hydrogen) atoms. The average Bonchev–Trinajstić information content (AvgIpc) is 3.48. The number of benzene rings is 3. The lowest BCUT2D eigenvalue weighted by atomic mass is 9.95. The molecule has 1 aliphatic carbocycles. The molecule has 2 aliphatic rings. The molecule has 230 valence electrons. The molecule has 3 N–H and O–H groups in total. The number of hydrogen-bond donors (Lipinski definition) is 3. The Morgan fingerprint density at radius 1 is 1.11 bits per heavy atom. The molecule has 0 saturated heterocycles. The zero-order valence-electron chi connectivity index (χ0n) is 24.2. The smallest absolute Gasteiger partial charge is 0.323 e. The number of aromatic nitrogens is 1. The highest BCUT2D eigenvalue weighted by atomic mass is 35.5. The first kappa shape index (κ1) is 30.2. The second kappa shape index (κ2) is 13.4. The summed E-state index contributed by atoms with van der Waals surface area (Å²) in [6.45, 7) is 0.594. The molecule has 1 aromatic heterocycles. The van der Waals surface area contributed by atoms with Gasteiger partial charge in [-0.05, 0) is 47.7 Å². The van der Waals surface area contributed by atoms with E-state index in [0.29, 0.717) is 46.4 Å². The first-order chi connectivity index (χ1) is 21.9. The number of fused-ring (bicyclic) bond motifs is 2. The fourth-order valence-electron chi connectivity index (χ4n) is 5.62. The van der Waals surface area contributed by atoms with Crippen molar-refractivity contribution < 1.29 is 34.0 Å². The monoisotopic (exact) mass is 627 g/mol. The van der Waals surface area contributed by atoms with E-state index in [9.17, 15) is 20.3 Å². The maximum absolute atomic E-state index is 11.5. The number of ether oxygens (including phenoxy) is 4. The lowest BCUT2D eigenvalue weighted by molar-refractivity contribution is -0.140. The van der Waals surface area contributed by atoms with E-state index in [-0.39, 0.29) is 19.3 Å². The van der Waals surface area contributed by atoms with Gasteiger partial charge in [0, 0.05) is 41.7 Å². The Balaban J connectivity index is 1.28. The number of nitrogens with zero attached hydrogens (tertiary/aromatic N) is 2. The molecule has 0 amide bonds. The van der Waals surface area contributed by atoms with E-state index in [2.05, 4.69) is 28.5 Å². The van der Waals surface area contributed by atoms with E-state index in [0.717, 1.165) is 41.0 Å². The number of rotatable bonds is 11. The number of hydrogen-bond acceptors (Lipinski definition) is 9. The maximum atomic E-state index is 11.5. The molecule has 11 heteroatoms. The number of nitrogens with one attached hydrogen (secondary N) is 1. The molecule has 0 spiro atoms. The van der Waals surface area contributed by atoms with Crippen LogP contribution in [0, 0.1) is 11.3 Å². The van der Waals surface area contributed by atoms with Gasteiger partial charge in [-0.1, -0.05) is 41.9 Å². The summed E-state index contributed by atoms with van der Waals surface area (Å²) in [6, 6.07) is 18.0. The molecule has 10 nitrogen and oxygen atoms in total. The fourth-order valence-corrected chi connectivity index (χ4v) is 5.85. The summed E-state index contributed by atoms with van der Waals surface area (Å²) in [6.07, 6.45) is 4.33. The van der Waals surface area contributed by atoms with Crippen LogP contribution >= 0.6 is 11.6 Å². The van der Waals surface area contributed by atoms with Gasteiger partial charge in [-0.2, -0.15) is 5.26 Å². The third-order valence-corrected chi connectivity index (χ3v) is 8.09. The second-order valence-corrected chi connectivity index (χ2v) is 11.1. The maximum Gasteiger partial charge on any atom is 0.323 e. The first-order valence-electron chi connectivity index (χ1n) is 14.5. The highest BCUT2D eigenvalue weighted by Crippen LogP contribution is 2.46. The molecule has 0 fully saturated rings. The van der Waals surface area contributed by atoms with Gasteiger partial charge in [-0.3, -0.25) is 15.1 Å². The highest BCUT2D eigenvalue weighted by molar-refractivity contribution is 6.32. The van der Waals surface area contributed by atoms with Crippen molar-refractivity contribution in [3.05, 3.63) is 99.8 Å². The van der Waals surface area contributed by atoms with E-state index in [1.165, 1.54) is 11.8 Å². The summed E-state index contributed by atoms with van der Waals surface area (Å²) >= 11 is 6.73. The molecule has 2 heterocycles. The third kappa shape index (κ3) is 6.51. The number of halogens is 1. The minimum atomic E-state index is -1.18. The van der Waals surface area contributed by atoms with Crippen molar-refractivity contribution in [2.75, 3.05) is 19.8 Å². The van der Waals surface area contributed by atoms with Crippen molar-refractivity contribution in [1.82, 2.24) is 10.3 Å². The Labute approximate surface area is 264 Å². The Hall–Kier alpha value is -4.82. The van der Waals surface area contributed by atoms with E-state index in [4.69, 9.17) is 30.5 Å². The topological polar surface area (TPSA) is 143 Å². The van der Waals surface area contributed by atoms with Crippen LogP contribution in [0.5, 0.6) is 23.0 Å². The number of carboxylic acid groups (broad SMARTS) is 1. The van der Waals surface area contributed by atoms with E-state index >= 15 is 0 Å². The summed E-state index contributed by atoms with van der Waals surface area (Å²) in [7, 11) is 0. The second-order valence-electron chi connectivity index (χ2n) is 10.7. The average molecular weight is 628 g/mol. The standard InChI is InChI=1S/C34H30ClN3O7/c35-27-12-22(17-38-28(18-39)34(40)41)31(44-19-21-11-20(14-36)15-37-16-21)13-32(27)45-29-8-7-24-23(3-1-4-25(24)29)26-5-2-6-30-33(26)43-10-9-42-30/h1-6,11-13,15-16,28-29,38-39H,7-10,17-19H2,(H,40,41)/t28-,29-/m0/s1. The van der Waals surface area contributed by atoms with Crippen LogP contribution in [0.2, 0.25) is 5.02 Å². The summed E-state index contributed by atoms with van der Waals surface area (Å²) in [5.74, 6) is 1.12. The third-order valence-electron chi connectivity index (χ3n) is 7.79. The van der Waals surface area contributed by atoms with Crippen LogP contribution in [0.15, 0.2) is 67.0 Å². The number of aliphatic hydroxyl groups is 1. The van der Waals surface area contributed by atoms with Gasteiger partial charge >= 0.3 is 5.97 Å². The Bertz CT molecular complexity index is 1770. The van der Waals surface area contributed by atoms with Gasteiger partial charge in [0.05, 0.1) is 17.2 Å². The number of nitriles is 1. The van der Waals surface area contributed by atoms with Crippen molar-refractivity contribution in [2.24, 2.45) is 0 Å². The molecule has 6 rings (SSSR count). The molecular formula is C34H30ClN3O7. The van der Waals surface area contributed by atoms with Crippen molar-refractivity contribution >= 4 is 17.6 Å². The quantitative estimate of drug-likeness (QED) is 0.202. The summed E-state index contributed by atoms with van der Waals surface area (Å²) < 4.78 is 24.5. The van der Waals surface area contributed by atoms with Crippen LogP contribution in [-0.2, 0) is 24.4 Å². The van der Waals surface area contributed by atoms with Crippen LogP contribution < -0.4 is 24.3 Å². The molecule has 0 unspecified atom stereocenters. The minimum absolute atomic E-state index is 0.0617. The van der Waals surface area contributed by atoms with Crippen molar-refractivity contribution in [2.45, 2.75) is 38.1 Å². The summed E-state index contributed by atoms with van der Waals surface area (Å²) in [4.78, 5) is 15.5. The van der Waals surface area contributed by atoms with Gasteiger partial charge in [-0.15, -0.1) is 0 Å². The van der Waals surface area contributed by atoms with Crippen LogP contribution in [0.1, 0.15) is 40.3 Å². The molecule has 2 atom stereocenters. The number of aliphatic hydroxyl groups excluding tert-OH is 1. The van der Waals surface area contributed by atoms with Crippen LogP contribution in [0.3, 0.4) is 0 Å². The van der Waals surface area contributed by atoms with Crippen molar-refractivity contribution in [3.8, 4) is 40.2 Å². The van der Waals surface area contributed by atoms with E-state index < -0.39 is 18.6 Å². The van der Waals surface area contributed by atoms with Crippen LogP contribution in [0.25, 0.3) is 11.1 Å². The van der Waals surface area contributed by atoms with Gasteiger partial charge in [0.25, 0.3) is 0 Å². The lowest BCUT2D eigenvalue weighted by Gasteiger charge is -2.22. The molecule has 3 aromatic carbocycles. The zero-order valence-corrected chi connectivity index (χ0v) is 24.9. The van der Waals surface area contributed by atoms with E-state index in [1.54, 1.807) is 24.4 Å². The largest absolute Gasteiger partial charge is 0.488 e.